The van der Waals surface area contributed by atoms with Crippen molar-refractivity contribution in [2.75, 3.05) is 13.1 Å². The Bertz CT molecular complexity index is 903. The summed E-state index contributed by atoms with van der Waals surface area (Å²) in [4.78, 5) is 1.89. The summed E-state index contributed by atoms with van der Waals surface area (Å²) in [6.07, 6.45) is -5.43. The first-order valence-electron chi connectivity index (χ1n) is 11.0. The number of hydrogen-bond donors (Lipinski definition) is 1. The maximum Gasteiger partial charge on any atom is 0.417 e. The highest BCUT2D eigenvalue weighted by molar-refractivity contribution is 6.31. The van der Waals surface area contributed by atoms with Crippen LogP contribution >= 0.6 is 23.2 Å². The zero-order valence-corrected chi connectivity index (χ0v) is 19.8. The van der Waals surface area contributed by atoms with Gasteiger partial charge in [0.05, 0.1) is 21.2 Å². The van der Waals surface area contributed by atoms with Crippen LogP contribution in [-0.4, -0.2) is 18.0 Å². The number of hydrogen-bond acceptors (Lipinski definition) is 2. The van der Waals surface area contributed by atoms with Crippen LogP contribution in [0.4, 0.5) is 26.3 Å². The molecule has 0 unspecified atom stereocenters. The number of alkyl halides is 6. The second kappa shape index (κ2) is 11.1. The molecule has 188 valence electrons. The third-order valence-electron chi connectivity index (χ3n) is 6.30. The molecule has 1 saturated carbocycles. The molecule has 1 fully saturated rings. The van der Waals surface area contributed by atoms with Crippen molar-refractivity contribution in [2.24, 2.45) is 17.6 Å². The first kappa shape index (κ1) is 27.1. The number of rotatable bonds is 7. The molecule has 2 N–H and O–H groups in total. The van der Waals surface area contributed by atoms with Crippen molar-refractivity contribution in [3.8, 4) is 0 Å². The molecule has 0 radical (unpaired) electrons. The van der Waals surface area contributed by atoms with E-state index in [9.17, 15) is 26.3 Å². The molecular weight excluding hydrogens is 501 g/mol. The highest BCUT2D eigenvalue weighted by Gasteiger charge is 2.34. The van der Waals surface area contributed by atoms with E-state index in [-0.39, 0.29) is 19.0 Å². The van der Waals surface area contributed by atoms with E-state index < -0.39 is 33.5 Å². The van der Waals surface area contributed by atoms with Gasteiger partial charge < -0.3 is 5.73 Å². The monoisotopic (exact) mass is 526 g/mol. The van der Waals surface area contributed by atoms with Gasteiger partial charge in [0.2, 0.25) is 0 Å². The van der Waals surface area contributed by atoms with Crippen molar-refractivity contribution in [1.82, 2.24) is 4.90 Å². The van der Waals surface area contributed by atoms with Crippen molar-refractivity contribution < 1.29 is 26.3 Å². The second-order valence-electron chi connectivity index (χ2n) is 8.92. The molecule has 0 atom stereocenters. The maximum atomic E-state index is 13.3. The number of nitrogens with zero attached hydrogens (tertiary/aromatic N) is 1. The predicted octanol–water partition coefficient (Wildman–Crippen LogP) is 7.80. The lowest BCUT2D eigenvalue weighted by atomic mass is 9.82. The maximum absolute atomic E-state index is 13.3. The largest absolute Gasteiger partial charge is 0.417 e. The molecule has 34 heavy (non-hydrogen) atoms. The summed E-state index contributed by atoms with van der Waals surface area (Å²) >= 11 is 11.5. The number of benzene rings is 2. The fourth-order valence-corrected chi connectivity index (χ4v) is 4.94. The summed E-state index contributed by atoms with van der Waals surface area (Å²) in [5, 5.41) is -0.786. The van der Waals surface area contributed by atoms with Gasteiger partial charge in [0.1, 0.15) is 0 Å². The Kier molecular flexibility index (Phi) is 8.82. The minimum atomic E-state index is -4.60. The molecule has 0 aliphatic heterocycles. The summed E-state index contributed by atoms with van der Waals surface area (Å²) in [5.41, 5.74) is 4.67. The molecule has 0 spiro atoms. The summed E-state index contributed by atoms with van der Waals surface area (Å²) in [5.74, 6) is 0.743. The molecule has 2 aromatic rings. The van der Waals surface area contributed by atoms with Gasteiger partial charge in [-0.15, -0.1) is 0 Å². The van der Waals surface area contributed by atoms with E-state index in [0.717, 1.165) is 37.8 Å². The van der Waals surface area contributed by atoms with Crippen LogP contribution in [0.3, 0.4) is 0 Å². The van der Waals surface area contributed by atoms with E-state index >= 15 is 0 Å². The fraction of sp³-hybridized carbons (Fsp3) is 0.500. The van der Waals surface area contributed by atoms with Crippen LogP contribution in [-0.2, 0) is 25.4 Å². The first-order chi connectivity index (χ1) is 15.9. The van der Waals surface area contributed by atoms with Gasteiger partial charge in [0.15, 0.2) is 0 Å². The average Bonchev–Trinajstić information content (AvgIpc) is 2.75. The molecule has 2 aromatic carbocycles. The Balaban J connectivity index is 1.85. The van der Waals surface area contributed by atoms with Crippen LogP contribution in [0.15, 0.2) is 36.4 Å². The van der Waals surface area contributed by atoms with E-state index in [4.69, 9.17) is 28.9 Å². The topological polar surface area (TPSA) is 29.3 Å². The summed E-state index contributed by atoms with van der Waals surface area (Å²) in [6, 6.07) is 7.44. The Morgan fingerprint density at radius 3 is 1.53 bits per heavy atom. The number of halogens is 8. The van der Waals surface area contributed by atoms with E-state index in [1.54, 1.807) is 0 Å². The van der Waals surface area contributed by atoms with Gasteiger partial charge in [-0.2, -0.15) is 26.3 Å². The SMILES string of the molecule is NCC1CCC(CN(Cc2ccc(Cl)c(C(F)(F)F)c2)Cc2ccc(Cl)c(C(F)(F)F)c2)CC1. The Morgan fingerprint density at radius 2 is 1.15 bits per heavy atom. The minimum Gasteiger partial charge on any atom is -0.330 e. The molecule has 1 aliphatic carbocycles. The smallest absolute Gasteiger partial charge is 0.330 e. The average molecular weight is 527 g/mol. The van der Waals surface area contributed by atoms with Gasteiger partial charge >= 0.3 is 12.4 Å². The molecule has 0 amide bonds. The van der Waals surface area contributed by atoms with Gasteiger partial charge in [-0.3, -0.25) is 4.90 Å². The summed E-state index contributed by atoms with van der Waals surface area (Å²) in [7, 11) is 0. The van der Waals surface area contributed by atoms with Crippen LogP contribution < -0.4 is 5.73 Å². The lowest BCUT2D eigenvalue weighted by Gasteiger charge is -2.33. The Morgan fingerprint density at radius 1 is 0.735 bits per heavy atom. The summed E-state index contributed by atoms with van der Waals surface area (Å²) in [6.45, 7) is 1.44. The van der Waals surface area contributed by atoms with Crippen LogP contribution in [0, 0.1) is 11.8 Å². The third kappa shape index (κ3) is 7.26. The highest BCUT2D eigenvalue weighted by atomic mass is 35.5. The molecule has 0 heterocycles. The zero-order valence-electron chi connectivity index (χ0n) is 18.3. The minimum absolute atomic E-state index is 0.140. The zero-order chi connectivity index (χ0) is 25.1. The fourth-order valence-electron chi connectivity index (χ4n) is 4.49. The molecule has 0 saturated heterocycles. The van der Waals surface area contributed by atoms with Gasteiger partial charge in [-0.1, -0.05) is 35.3 Å². The van der Waals surface area contributed by atoms with E-state index in [1.165, 1.54) is 24.3 Å². The number of nitrogens with two attached hydrogens (primary N) is 1. The van der Waals surface area contributed by atoms with Crippen LogP contribution in [0.1, 0.15) is 47.9 Å². The first-order valence-corrected chi connectivity index (χ1v) is 11.8. The van der Waals surface area contributed by atoms with Crippen molar-refractivity contribution in [3.05, 3.63) is 68.7 Å². The lowest BCUT2D eigenvalue weighted by Crippen LogP contribution is -2.32. The van der Waals surface area contributed by atoms with Crippen LogP contribution in [0.2, 0.25) is 10.0 Å². The molecule has 0 aromatic heterocycles. The van der Waals surface area contributed by atoms with E-state index in [1.807, 2.05) is 4.90 Å². The van der Waals surface area contributed by atoms with E-state index in [0.29, 0.717) is 30.1 Å². The predicted molar refractivity (Wildman–Crippen MR) is 122 cm³/mol. The van der Waals surface area contributed by atoms with Crippen LogP contribution in [0.25, 0.3) is 0 Å². The normalized spacial score (nSPS) is 19.6. The molecular formula is C24H26Cl2F6N2. The third-order valence-corrected chi connectivity index (χ3v) is 6.96. The highest BCUT2D eigenvalue weighted by Crippen LogP contribution is 2.37. The van der Waals surface area contributed by atoms with Gasteiger partial charge in [0, 0.05) is 19.6 Å². The molecule has 2 nitrogen and oxygen atoms in total. The van der Waals surface area contributed by atoms with Crippen LogP contribution in [0.5, 0.6) is 0 Å². The van der Waals surface area contributed by atoms with Gasteiger partial charge in [-0.25, -0.2) is 0 Å². The molecule has 0 bridgehead atoms. The standard InChI is InChI=1S/C24H26Cl2F6N2/c25-21-7-5-17(9-19(21)23(27,28)29)13-34(12-16-3-1-15(11-33)2-4-16)14-18-6-8-22(26)20(10-18)24(30,31)32/h5-10,15-16H,1-4,11-14,33H2. The molecule has 10 heteroatoms. The molecule has 1 aliphatic rings. The van der Waals surface area contributed by atoms with Crippen molar-refractivity contribution in [2.45, 2.75) is 51.1 Å². The van der Waals surface area contributed by atoms with Gasteiger partial charge in [-0.05, 0) is 79.5 Å². The van der Waals surface area contributed by atoms with Crippen molar-refractivity contribution >= 4 is 23.2 Å². The van der Waals surface area contributed by atoms with Crippen molar-refractivity contribution in [1.29, 1.82) is 0 Å². The Hall–Kier alpha value is -1.48. The summed E-state index contributed by atoms with van der Waals surface area (Å²) < 4.78 is 79.9. The van der Waals surface area contributed by atoms with E-state index in [2.05, 4.69) is 0 Å². The molecule has 3 rings (SSSR count). The lowest BCUT2D eigenvalue weighted by molar-refractivity contribution is -0.138. The Labute approximate surface area is 205 Å². The van der Waals surface area contributed by atoms with Gasteiger partial charge in [0.25, 0.3) is 0 Å². The quantitative estimate of drug-likeness (QED) is 0.373. The van der Waals surface area contributed by atoms with Crippen molar-refractivity contribution in [3.63, 3.8) is 0 Å². The second-order valence-corrected chi connectivity index (χ2v) is 9.73.